The van der Waals surface area contributed by atoms with Crippen LogP contribution in [-0.2, 0) is 9.84 Å². The number of aliphatic hydroxyl groups excluding tert-OH is 1. The maximum atomic E-state index is 11.9. The van der Waals surface area contributed by atoms with Crippen LogP contribution in [0.5, 0.6) is 0 Å². The largest absolute Gasteiger partial charge is 0.388 e. The molecule has 1 aromatic carbocycles. The molecule has 3 nitrogen and oxygen atoms in total. The van der Waals surface area contributed by atoms with Crippen molar-refractivity contribution in [2.75, 3.05) is 12.9 Å². The van der Waals surface area contributed by atoms with Gasteiger partial charge in [0.25, 0.3) is 0 Å². The van der Waals surface area contributed by atoms with Gasteiger partial charge in [0.1, 0.15) is 0 Å². The Hall–Kier alpha value is -0.940. The molecule has 84 valence electrons. The number of alkyl halides is 1. The van der Waals surface area contributed by atoms with Crippen LogP contribution in [0.3, 0.4) is 0 Å². The van der Waals surface area contributed by atoms with Crippen LogP contribution < -0.4 is 0 Å². The van der Waals surface area contributed by atoms with E-state index < -0.39 is 22.6 Å². The van der Waals surface area contributed by atoms with Crippen LogP contribution in [0.4, 0.5) is 4.39 Å². The van der Waals surface area contributed by atoms with Crippen molar-refractivity contribution in [1.82, 2.24) is 0 Å². The molecule has 0 aliphatic heterocycles. The summed E-state index contributed by atoms with van der Waals surface area (Å²) in [6.07, 6.45) is 0.265. The first-order valence-corrected chi connectivity index (χ1v) is 6.38. The third kappa shape index (κ3) is 3.28. The highest BCUT2D eigenvalue weighted by Crippen LogP contribution is 2.18. The molecule has 15 heavy (non-hydrogen) atoms. The molecule has 0 aliphatic rings. The van der Waals surface area contributed by atoms with Gasteiger partial charge in [0.15, 0.2) is 9.84 Å². The average Bonchev–Trinajstić information content (AvgIpc) is 2.17. The number of benzene rings is 1. The lowest BCUT2D eigenvalue weighted by atomic mass is 10.1. The van der Waals surface area contributed by atoms with Crippen LogP contribution in [-0.4, -0.2) is 26.5 Å². The molecule has 0 spiro atoms. The van der Waals surface area contributed by atoms with Crippen molar-refractivity contribution in [2.45, 2.75) is 17.4 Å². The zero-order valence-electron chi connectivity index (χ0n) is 8.35. The van der Waals surface area contributed by atoms with Crippen molar-refractivity contribution in [3.8, 4) is 0 Å². The molecule has 1 aromatic rings. The highest BCUT2D eigenvalue weighted by molar-refractivity contribution is 7.90. The van der Waals surface area contributed by atoms with Gasteiger partial charge in [-0.05, 0) is 17.7 Å². The summed E-state index contributed by atoms with van der Waals surface area (Å²) in [5, 5.41) is 9.42. The summed E-state index contributed by atoms with van der Waals surface area (Å²) in [4.78, 5) is 0.193. The number of hydrogen-bond donors (Lipinski definition) is 1. The van der Waals surface area contributed by atoms with E-state index in [0.717, 1.165) is 6.26 Å². The van der Waals surface area contributed by atoms with Gasteiger partial charge in [-0.1, -0.05) is 12.1 Å². The Kier molecular flexibility index (Phi) is 3.82. The fourth-order valence-corrected chi connectivity index (χ4v) is 1.84. The van der Waals surface area contributed by atoms with Crippen molar-refractivity contribution >= 4 is 9.84 Å². The maximum absolute atomic E-state index is 11.9. The van der Waals surface area contributed by atoms with E-state index in [1.807, 2.05) is 0 Å². The monoisotopic (exact) mass is 232 g/mol. The summed E-state index contributed by atoms with van der Waals surface area (Å²) in [6, 6.07) is 5.81. The molecule has 0 saturated carbocycles. The summed E-state index contributed by atoms with van der Waals surface area (Å²) in [5.41, 5.74) is 0.528. The van der Waals surface area contributed by atoms with Crippen LogP contribution in [0, 0.1) is 0 Å². The summed E-state index contributed by atoms with van der Waals surface area (Å²) in [6.45, 7) is -0.602. The van der Waals surface area contributed by atoms with E-state index in [2.05, 4.69) is 0 Å². The van der Waals surface area contributed by atoms with Crippen LogP contribution in [0.25, 0.3) is 0 Å². The van der Waals surface area contributed by atoms with Gasteiger partial charge in [-0.2, -0.15) is 0 Å². The van der Waals surface area contributed by atoms with Crippen LogP contribution in [0.15, 0.2) is 29.2 Å². The smallest absolute Gasteiger partial charge is 0.175 e. The molecule has 0 radical (unpaired) electrons. The topological polar surface area (TPSA) is 54.4 Å². The lowest BCUT2D eigenvalue weighted by Gasteiger charge is -2.08. The Balaban J connectivity index is 2.90. The van der Waals surface area contributed by atoms with Crippen molar-refractivity contribution < 1.29 is 17.9 Å². The quantitative estimate of drug-likeness (QED) is 0.855. The second-order valence-electron chi connectivity index (χ2n) is 3.33. The van der Waals surface area contributed by atoms with Gasteiger partial charge in [0, 0.05) is 12.7 Å². The molecule has 0 heterocycles. The van der Waals surface area contributed by atoms with Crippen LogP contribution in [0.1, 0.15) is 18.1 Å². The first-order valence-electron chi connectivity index (χ1n) is 4.49. The van der Waals surface area contributed by atoms with Crippen molar-refractivity contribution in [2.24, 2.45) is 0 Å². The van der Waals surface area contributed by atoms with Gasteiger partial charge >= 0.3 is 0 Å². The molecule has 0 aromatic heterocycles. The normalized spacial score (nSPS) is 13.8. The van der Waals surface area contributed by atoms with Gasteiger partial charge in [0.2, 0.25) is 0 Å². The van der Waals surface area contributed by atoms with E-state index in [0.29, 0.717) is 5.56 Å². The SMILES string of the molecule is CS(=O)(=O)c1ccc([C@@H](O)CCF)cc1. The van der Waals surface area contributed by atoms with Crippen molar-refractivity contribution in [3.63, 3.8) is 0 Å². The molecule has 0 unspecified atom stereocenters. The first-order chi connectivity index (χ1) is 6.95. The van der Waals surface area contributed by atoms with Gasteiger partial charge in [-0.3, -0.25) is 4.39 Å². The van der Waals surface area contributed by atoms with E-state index in [9.17, 15) is 17.9 Å². The molecular weight excluding hydrogens is 219 g/mol. The van der Waals surface area contributed by atoms with E-state index in [1.165, 1.54) is 24.3 Å². The highest BCUT2D eigenvalue weighted by Gasteiger charge is 2.10. The second kappa shape index (κ2) is 4.72. The summed E-state index contributed by atoms with van der Waals surface area (Å²) in [5.74, 6) is 0. The van der Waals surface area contributed by atoms with Gasteiger partial charge in [-0.25, -0.2) is 8.42 Å². The number of rotatable bonds is 4. The number of halogens is 1. The molecule has 1 atom stereocenters. The standard InChI is InChI=1S/C10H13FO3S/c1-15(13,14)9-4-2-8(3-5-9)10(12)6-7-11/h2-5,10,12H,6-7H2,1H3/t10-/m0/s1. The van der Waals surface area contributed by atoms with Crippen LogP contribution >= 0.6 is 0 Å². The summed E-state index contributed by atoms with van der Waals surface area (Å²) in [7, 11) is -3.21. The zero-order chi connectivity index (χ0) is 11.5. The van der Waals surface area contributed by atoms with E-state index in [4.69, 9.17) is 0 Å². The predicted octanol–water partition coefficient (Wildman–Crippen LogP) is 1.48. The first kappa shape index (κ1) is 12.1. The summed E-state index contributed by atoms with van der Waals surface area (Å²) < 4.78 is 34.2. The Labute approximate surface area is 88.5 Å². The van der Waals surface area contributed by atoms with Crippen molar-refractivity contribution in [3.05, 3.63) is 29.8 Å². The number of hydrogen-bond acceptors (Lipinski definition) is 3. The molecule has 1 N–H and O–H groups in total. The molecule has 0 bridgehead atoms. The minimum absolute atomic E-state index is 0.0260. The Morgan fingerprint density at radius 1 is 1.33 bits per heavy atom. The van der Waals surface area contributed by atoms with E-state index in [1.54, 1.807) is 0 Å². The van der Waals surface area contributed by atoms with Gasteiger partial charge in [0.05, 0.1) is 17.7 Å². The molecule has 0 amide bonds. The molecule has 1 rings (SSSR count). The predicted molar refractivity (Wildman–Crippen MR) is 55.1 cm³/mol. The molecule has 0 aliphatic carbocycles. The zero-order valence-corrected chi connectivity index (χ0v) is 9.17. The molecule has 0 fully saturated rings. The van der Waals surface area contributed by atoms with Crippen LogP contribution in [0.2, 0.25) is 0 Å². The maximum Gasteiger partial charge on any atom is 0.175 e. The molecule has 5 heteroatoms. The molecule has 0 saturated heterocycles. The van der Waals surface area contributed by atoms with Gasteiger partial charge in [-0.15, -0.1) is 0 Å². The highest BCUT2D eigenvalue weighted by atomic mass is 32.2. The van der Waals surface area contributed by atoms with E-state index in [-0.39, 0.29) is 11.3 Å². The van der Waals surface area contributed by atoms with Gasteiger partial charge < -0.3 is 5.11 Å². The number of sulfone groups is 1. The Morgan fingerprint density at radius 2 is 1.87 bits per heavy atom. The number of aliphatic hydroxyl groups is 1. The van der Waals surface area contributed by atoms with Crippen molar-refractivity contribution in [1.29, 1.82) is 0 Å². The Bertz CT molecular complexity index is 411. The third-order valence-corrected chi connectivity index (χ3v) is 3.20. The lowest BCUT2D eigenvalue weighted by Crippen LogP contribution is -2.01. The molecular formula is C10H13FO3S. The average molecular weight is 232 g/mol. The Morgan fingerprint density at radius 3 is 2.27 bits per heavy atom. The fraction of sp³-hybridized carbons (Fsp3) is 0.400. The lowest BCUT2D eigenvalue weighted by molar-refractivity contribution is 0.156. The summed E-state index contributed by atoms with van der Waals surface area (Å²) >= 11 is 0. The fourth-order valence-electron chi connectivity index (χ4n) is 1.21. The minimum Gasteiger partial charge on any atom is -0.388 e. The second-order valence-corrected chi connectivity index (χ2v) is 5.35. The third-order valence-electron chi connectivity index (χ3n) is 2.08. The van der Waals surface area contributed by atoms with E-state index >= 15 is 0 Å². The minimum atomic E-state index is -3.21.